The number of ether oxygens (including phenoxy) is 1. The smallest absolute Gasteiger partial charge is 0.137 e. The lowest BCUT2D eigenvalue weighted by Crippen LogP contribution is -2.04. The van der Waals surface area contributed by atoms with Crippen LogP contribution in [0.1, 0.15) is 32.3 Å². The molecule has 0 spiro atoms. The van der Waals surface area contributed by atoms with Crippen molar-refractivity contribution in [1.29, 1.82) is 0 Å². The van der Waals surface area contributed by atoms with Gasteiger partial charge in [-0.25, -0.2) is 0 Å². The van der Waals surface area contributed by atoms with Crippen molar-refractivity contribution < 1.29 is 9.53 Å². The summed E-state index contributed by atoms with van der Waals surface area (Å²) in [6.45, 7) is 4.30. The SMILES string of the molecule is COc1ccc2cccc(CC(=O)CCC(C)C)c2c1. The van der Waals surface area contributed by atoms with Gasteiger partial charge in [0.25, 0.3) is 0 Å². The number of carbonyl (C=O) groups is 1. The highest BCUT2D eigenvalue weighted by Crippen LogP contribution is 2.25. The molecule has 0 N–H and O–H groups in total. The summed E-state index contributed by atoms with van der Waals surface area (Å²) < 4.78 is 5.28. The lowest BCUT2D eigenvalue weighted by molar-refractivity contribution is -0.118. The van der Waals surface area contributed by atoms with Crippen molar-refractivity contribution in [2.75, 3.05) is 7.11 Å². The van der Waals surface area contributed by atoms with Gasteiger partial charge in [0.2, 0.25) is 0 Å². The van der Waals surface area contributed by atoms with Crippen LogP contribution in [0.4, 0.5) is 0 Å². The molecule has 0 fully saturated rings. The molecule has 0 radical (unpaired) electrons. The van der Waals surface area contributed by atoms with Crippen molar-refractivity contribution >= 4 is 16.6 Å². The number of ketones is 1. The molecule has 0 saturated heterocycles. The molecule has 106 valence electrons. The Hall–Kier alpha value is -1.83. The first-order valence-electron chi connectivity index (χ1n) is 7.17. The average molecular weight is 270 g/mol. The molecule has 2 heteroatoms. The number of hydrogen-bond donors (Lipinski definition) is 0. The van der Waals surface area contributed by atoms with Crippen molar-refractivity contribution in [1.82, 2.24) is 0 Å². The molecule has 2 aromatic rings. The second-order valence-electron chi connectivity index (χ2n) is 5.65. The Bertz CT molecular complexity index is 599. The van der Waals surface area contributed by atoms with E-state index in [4.69, 9.17) is 4.74 Å². The predicted molar refractivity (Wildman–Crippen MR) is 83.3 cm³/mol. The first-order valence-corrected chi connectivity index (χ1v) is 7.17. The lowest BCUT2D eigenvalue weighted by Gasteiger charge is -2.09. The number of hydrogen-bond acceptors (Lipinski definition) is 2. The number of carbonyl (C=O) groups excluding carboxylic acids is 1. The minimum absolute atomic E-state index is 0.314. The molecule has 2 aromatic carbocycles. The summed E-state index contributed by atoms with van der Waals surface area (Å²) in [5.74, 6) is 1.72. The standard InChI is InChI=1S/C18H22O2/c1-13(2)7-9-16(19)11-15-6-4-5-14-8-10-17(20-3)12-18(14)15/h4-6,8,10,12-13H,7,9,11H2,1-3H3. The largest absolute Gasteiger partial charge is 0.497 e. The van der Waals surface area contributed by atoms with Gasteiger partial charge >= 0.3 is 0 Å². The first kappa shape index (κ1) is 14.6. The number of fused-ring (bicyclic) bond motifs is 1. The first-order chi connectivity index (χ1) is 9.60. The van der Waals surface area contributed by atoms with Gasteiger partial charge in [0.05, 0.1) is 7.11 Å². The molecule has 2 rings (SSSR count). The van der Waals surface area contributed by atoms with Crippen LogP contribution in [0.3, 0.4) is 0 Å². The Labute approximate surface area is 120 Å². The summed E-state index contributed by atoms with van der Waals surface area (Å²) >= 11 is 0. The monoisotopic (exact) mass is 270 g/mol. The van der Waals surface area contributed by atoms with Crippen molar-refractivity contribution in [2.24, 2.45) is 5.92 Å². The number of methoxy groups -OCH3 is 1. The molecule has 2 nitrogen and oxygen atoms in total. The van der Waals surface area contributed by atoms with Crippen LogP contribution in [0.2, 0.25) is 0 Å². The Morgan fingerprint density at radius 2 is 2.00 bits per heavy atom. The number of benzene rings is 2. The number of Topliss-reactive ketones (excluding diaryl/α,β-unsaturated/α-hetero) is 1. The maximum Gasteiger partial charge on any atom is 0.137 e. The molecule has 0 amide bonds. The fourth-order valence-corrected chi connectivity index (χ4v) is 2.35. The highest BCUT2D eigenvalue weighted by Gasteiger charge is 2.09. The third-order valence-corrected chi connectivity index (χ3v) is 3.57. The van der Waals surface area contributed by atoms with Crippen molar-refractivity contribution in [2.45, 2.75) is 33.1 Å². The van der Waals surface area contributed by atoms with Crippen LogP contribution < -0.4 is 4.74 Å². The van der Waals surface area contributed by atoms with Crippen LogP contribution in [0.15, 0.2) is 36.4 Å². The van der Waals surface area contributed by atoms with Gasteiger partial charge in [-0.1, -0.05) is 38.1 Å². The quantitative estimate of drug-likeness (QED) is 0.778. The van der Waals surface area contributed by atoms with E-state index < -0.39 is 0 Å². The summed E-state index contributed by atoms with van der Waals surface area (Å²) in [6.07, 6.45) is 2.14. The molecular weight excluding hydrogens is 248 g/mol. The third kappa shape index (κ3) is 3.60. The fourth-order valence-electron chi connectivity index (χ4n) is 2.35. The summed E-state index contributed by atoms with van der Waals surface area (Å²) in [5, 5.41) is 2.27. The van der Waals surface area contributed by atoms with Crippen LogP contribution in [0.5, 0.6) is 5.75 Å². The molecule has 0 saturated carbocycles. The van der Waals surface area contributed by atoms with Crippen LogP contribution in [0, 0.1) is 5.92 Å². The molecule has 20 heavy (non-hydrogen) atoms. The highest BCUT2D eigenvalue weighted by molar-refractivity contribution is 5.91. The van der Waals surface area contributed by atoms with E-state index in [9.17, 15) is 4.79 Å². The van der Waals surface area contributed by atoms with Gasteiger partial charge in [0, 0.05) is 12.8 Å². The van der Waals surface area contributed by atoms with E-state index in [1.165, 1.54) is 0 Å². The van der Waals surface area contributed by atoms with Gasteiger partial charge in [-0.15, -0.1) is 0 Å². The molecule has 0 atom stereocenters. The summed E-state index contributed by atoms with van der Waals surface area (Å²) in [6, 6.07) is 12.1. The van der Waals surface area contributed by atoms with E-state index in [1.54, 1.807) is 7.11 Å². The third-order valence-electron chi connectivity index (χ3n) is 3.57. The van der Waals surface area contributed by atoms with E-state index in [1.807, 2.05) is 30.3 Å². The van der Waals surface area contributed by atoms with E-state index in [2.05, 4.69) is 19.9 Å². The normalized spacial score (nSPS) is 11.0. The maximum absolute atomic E-state index is 12.1. The topological polar surface area (TPSA) is 26.3 Å². The van der Waals surface area contributed by atoms with Crippen molar-refractivity contribution in [3.63, 3.8) is 0 Å². The summed E-state index contributed by atoms with van der Waals surface area (Å²) in [7, 11) is 1.66. The maximum atomic E-state index is 12.1. The van der Waals surface area contributed by atoms with Crippen LogP contribution in [0.25, 0.3) is 10.8 Å². The minimum Gasteiger partial charge on any atom is -0.497 e. The molecule has 0 aliphatic rings. The zero-order valence-corrected chi connectivity index (χ0v) is 12.5. The molecule has 0 bridgehead atoms. The number of rotatable bonds is 6. The van der Waals surface area contributed by atoms with Crippen molar-refractivity contribution in [3.8, 4) is 5.75 Å². The Balaban J connectivity index is 2.22. The molecule has 0 aromatic heterocycles. The molecule has 0 aliphatic heterocycles. The highest BCUT2D eigenvalue weighted by atomic mass is 16.5. The predicted octanol–water partition coefficient (Wildman–Crippen LogP) is 4.40. The fraction of sp³-hybridized carbons (Fsp3) is 0.389. The molecule has 0 heterocycles. The van der Waals surface area contributed by atoms with Gasteiger partial charge in [-0.05, 0) is 40.8 Å². The Morgan fingerprint density at radius 1 is 1.20 bits per heavy atom. The van der Waals surface area contributed by atoms with Gasteiger partial charge in [0.15, 0.2) is 0 Å². The Morgan fingerprint density at radius 3 is 2.70 bits per heavy atom. The van der Waals surface area contributed by atoms with E-state index in [0.717, 1.165) is 28.5 Å². The van der Waals surface area contributed by atoms with Gasteiger partial charge < -0.3 is 4.74 Å². The van der Waals surface area contributed by atoms with Gasteiger partial charge in [-0.3, -0.25) is 4.79 Å². The van der Waals surface area contributed by atoms with E-state index in [0.29, 0.717) is 24.5 Å². The second-order valence-corrected chi connectivity index (χ2v) is 5.65. The van der Waals surface area contributed by atoms with Gasteiger partial charge in [0.1, 0.15) is 11.5 Å². The van der Waals surface area contributed by atoms with Crippen LogP contribution >= 0.6 is 0 Å². The zero-order chi connectivity index (χ0) is 14.5. The molecule has 0 unspecified atom stereocenters. The molecule has 0 aliphatic carbocycles. The molecular formula is C18H22O2. The lowest BCUT2D eigenvalue weighted by atomic mass is 9.97. The summed E-state index contributed by atoms with van der Waals surface area (Å²) in [4.78, 5) is 12.1. The van der Waals surface area contributed by atoms with Gasteiger partial charge in [-0.2, -0.15) is 0 Å². The van der Waals surface area contributed by atoms with E-state index >= 15 is 0 Å². The van der Waals surface area contributed by atoms with E-state index in [-0.39, 0.29) is 0 Å². The Kier molecular flexibility index (Phi) is 4.78. The van der Waals surface area contributed by atoms with Crippen LogP contribution in [-0.4, -0.2) is 12.9 Å². The summed E-state index contributed by atoms with van der Waals surface area (Å²) in [5.41, 5.74) is 1.09. The van der Waals surface area contributed by atoms with Crippen LogP contribution in [-0.2, 0) is 11.2 Å². The minimum atomic E-state index is 0.314. The van der Waals surface area contributed by atoms with Crippen molar-refractivity contribution in [3.05, 3.63) is 42.0 Å². The zero-order valence-electron chi connectivity index (χ0n) is 12.5. The average Bonchev–Trinajstić information content (AvgIpc) is 2.45. The second kappa shape index (κ2) is 6.56.